The molecule has 1 heterocycles. The normalized spacial score (nSPS) is 21.8. The number of hydrogen-bond acceptors (Lipinski definition) is 1. The van der Waals surface area contributed by atoms with E-state index in [0.29, 0.717) is 11.5 Å². The molecule has 1 aliphatic carbocycles. The van der Waals surface area contributed by atoms with Gasteiger partial charge >= 0.3 is 0 Å². The van der Waals surface area contributed by atoms with Crippen molar-refractivity contribution in [3.63, 3.8) is 0 Å². The van der Waals surface area contributed by atoms with E-state index < -0.39 is 11.9 Å². The molecule has 0 saturated heterocycles. The van der Waals surface area contributed by atoms with Gasteiger partial charge in [0.2, 0.25) is 11.9 Å². The Morgan fingerprint density at radius 2 is 1.64 bits per heavy atom. The maximum absolute atomic E-state index is 13.7. The highest BCUT2D eigenvalue weighted by Crippen LogP contribution is 2.37. The molecule has 22 heavy (non-hydrogen) atoms. The van der Waals surface area contributed by atoms with Crippen molar-refractivity contribution in [2.24, 2.45) is 5.92 Å². The molecule has 1 saturated carbocycles. The lowest BCUT2D eigenvalue weighted by Crippen LogP contribution is -2.12. The molecule has 0 amide bonds. The Balaban J connectivity index is 1.75. The Labute approximate surface area is 130 Å². The third kappa shape index (κ3) is 3.18. The number of aromatic nitrogens is 1. The zero-order valence-corrected chi connectivity index (χ0v) is 12.9. The summed E-state index contributed by atoms with van der Waals surface area (Å²) in [7, 11) is 0. The van der Waals surface area contributed by atoms with Crippen LogP contribution in [0, 0.1) is 17.8 Å². The highest BCUT2D eigenvalue weighted by atomic mass is 19.1. The van der Waals surface area contributed by atoms with Gasteiger partial charge in [0.1, 0.15) is 0 Å². The van der Waals surface area contributed by atoms with E-state index in [1.807, 2.05) is 12.1 Å². The van der Waals surface area contributed by atoms with Crippen LogP contribution < -0.4 is 0 Å². The molecule has 1 aromatic carbocycles. The lowest BCUT2D eigenvalue weighted by molar-refractivity contribution is 0.319. The number of pyridine rings is 1. The first-order chi connectivity index (χ1) is 10.7. The summed E-state index contributed by atoms with van der Waals surface area (Å²) in [4.78, 5) is 3.25. The Morgan fingerprint density at radius 3 is 2.23 bits per heavy atom. The number of hydrogen-bond donors (Lipinski definition) is 0. The molecule has 0 unspecified atom stereocenters. The molecule has 1 nitrogen and oxygen atoms in total. The highest BCUT2D eigenvalue weighted by molar-refractivity contribution is 5.63. The summed E-state index contributed by atoms with van der Waals surface area (Å²) < 4.78 is 26.6. The van der Waals surface area contributed by atoms with Gasteiger partial charge in [0.05, 0.1) is 0 Å². The predicted molar refractivity (Wildman–Crippen MR) is 84.6 cm³/mol. The lowest BCUT2D eigenvalue weighted by atomic mass is 9.78. The molecule has 0 spiro atoms. The van der Waals surface area contributed by atoms with E-state index in [1.54, 1.807) is 0 Å². The minimum atomic E-state index is -0.787. The van der Waals surface area contributed by atoms with Crippen LogP contribution in [0.1, 0.15) is 50.5 Å². The van der Waals surface area contributed by atoms with Crippen molar-refractivity contribution in [1.82, 2.24) is 4.98 Å². The maximum Gasteiger partial charge on any atom is 0.223 e. The van der Waals surface area contributed by atoms with E-state index in [1.165, 1.54) is 49.8 Å². The van der Waals surface area contributed by atoms with Crippen LogP contribution in [0.15, 0.2) is 36.4 Å². The van der Waals surface area contributed by atoms with Crippen LogP contribution in [0.25, 0.3) is 11.1 Å². The molecule has 2 aromatic rings. The molecule has 1 aliphatic rings. The molecule has 0 aliphatic heterocycles. The lowest BCUT2D eigenvalue weighted by Gasteiger charge is -2.28. The number of nitrogens with zero attached hydrogens (tertiary/aromatic N) is 1. The summed E-state index contributed by atoms with van der Waals surface area (Å²) in [5.41, 5.74) is 2.42. The minimum absolute atomic E-state index is 0.350. The van der Waals surface area contributed by atoms with Gasteiger partial charge in [0.15, 0.2) is 0 Å². The monoisotopic (exact) mass is 301 g/mol. The van der Waals surface area contributed by atoms with E-state index in [9.17, 15) is 8.78 Å². The average Bonchev–Trinajstić information content (AvgIpc) is 2.55. The van der Waals surface area contributed by atoms with Gasteiger partial charge in [0, 0.05) is 5.56 Å². The second-order valence-corrected chi connectivity index (χ2v) is 6.22. The van der Waals surface area contributed by atoms with E-state index in [0.717, 1.165) is 11.5 Å². The topological polar surface area (TPSA) is 12.9 Å². The highest BCUT2D eigenvalue weighted by Gasteiger charge is 2.21. The second kappa shape index (κ2) is 6.55. The molecule has 116 valence electrons. The van der Waals surface area contributed by atoms with Gasteiger partial charge in [-0.05, 0) is 60.8 Å². The summed E-state index contributed by atoms with van der Waals surface area (Å²) >= 11 is 0. The van der Waals surface area contributed by atoms with Gasteiger partial charge in [0.25, 0.3) is 0 Å². The number of halogens is 2. The fraction of sp³-hybridized carbons (Fsp3) is 0.421. The van der Waals surface area contributed by atoms with Crippen LogP contribution in [0.4, 0.5) is 8.78 Å². The minimum Gasteiger partial charge on any atom is -0.190 e. The van der Waals surface area contributed by atoms with Gasteiger partial charge in [-0.1, -0.05) is 37.6 Å². The van der Waals surface area contributed by atoms with Crippen molar-refractivity contribution in [2.75, 3.05) is 0 Å². The Hall–Kier alpha value is -1.77. The summed E-state index contributed by atoms with van der Waals surface area (Å²) in [5, 5.41) is 0. The van der Waals surface area contributed by atoms with E-state index >= 15 is 0 Å². The molecule has 0 N–H and O–H groups in total. The Morgan fingerprint density at radius 1 is 0.955 bits per heavy atom. The van der Waals surface area contributed by atoms with E-state index in [-0.39, 0.29) is 0 Å². The first kappa shape index (κ1) is 15.1. The third-order valence-corrected chi connectivity index (χ3v) is 4.93. The van der Waals surface area contributed by atoms with Gasteiger partial charge in [-0.25, -0.2) is 0 Å². The van der Waals surface area contributed by atoms with Crippen molar-refractivity contribution in [3.05, 3.63) is 53.9 Å². The Kier molecular flexibility index (Phi) is 4.51. The van der Waals surface area contributed by atoms with Gasteiger partial charge < -0.3 is 0 Å². The SMILES string of the molecule is CC[C@H]1CC[C@H](c2ccc(-c3ccc(F)nc3F)cc2)CC1. The van der Waals surface area contributed by atoms with E-state index in [4.69, 9.17) is 0 Å². The van der Waals surface area contributed by atoms with Crippen LogP contribution in [0.2, 0.25) is 0 Å². The van der Waals surface area contributed by atoms with Gasteiger partial charge in [-0.15, -0.1) is 0 Å². The molecule has 0 radical (unpaired) electrons. The van der Waals surface area contributed by atoms with Crippen molar-refractivity contribution >= 4 is 0 Å². The third-order valence-electron chi connectivity index (χ3n) is 4.93. The molecule has 0 atom stereocenters. The second-order valence-electron chi connectivity index (χ2n) is 6.22. The molecule has 3 rings (SSSR count). The maximum atomic E-state index is 13.7. The average molecular weight is 301 g/mol. The molecule has 1 fully saturated rings. The van der Waals surface area contributed by atoms with Gasteiger partial charge in [-0.3, -0.25) is 0 Å². The summed E-state index contributed by atoms with van der Waals surface area (Å²) in [6.45, 7) is 2.27. The van der Waals surface area contributed by atoms with Crippen LogP contribution in [-0.2, 0) is 0 Å². The van der Waals surface area contributed by atoms with Crippen LogP contribution in [0.3, 0.4) is 0 Å². The fourth-order valence-electron chi connectivity index (χ4n) is 3.47. The summed E-state index contributed by atoms with van der Waals surface area (Å²) in [5.74, 6) is -0.0373. The molecule has 0 bridgehead atoms. The predicted octanol–water partition coefficient (Wildman–Crippen LogP) is 5.71. The molecular formula is C19H21F2N. The first-order valence-electron chi connectivity index (χ1n) is 8.09. The fourth-order valence-corrected chi connectivity index (χ4v) is 3.47. The summed E-state index contributed by atoms with van der Waals surface area (Å²) in [6.07, 6.45) is 6.37. The van der Waals surface area contributed by atoms with Crippen molar-refractivity contribution < 1.29 is 8.78 Å². The van der Waals surface area contributed by atoms with E-state index in [2.05, 4.69) is 24.0 Å². The van der Waals surface area contributed by atoms with Crippen LogP contribution >= 0.6 is 0 Å². The van der Waals surface area contributed by atoms with Crippen molar-refractivity contribution in [3.8, 4) is 11.1 Å². The summed E-state index contributed by atoms with van der Waals surface area (Å²) in [6, 6.07) is 10.6. The van der Waals surface area contributed by atoms with Crippen molar-refractivity contribution in [2.45, 2.75) is 44.9 Å². The smallest absolute Gasteiger partial charge is 0.190 e. The number of benzene rings is 1. The largest absolute Gasteiger partial charge is 0.223 e. The zero-order chi connectivity index (χ0) is 15.5. The van der Waals surface area contributed by atoms with Gasteiger partial charge in [-0.2, -0.15) is 13.8 Å². The standard InChI is InChI=1S/C19H21F2N/c1-2-13-3-5-14(6-4-13)15-7-9-16(10-8-15)17-11-12-18(20)22-19(17)21/h7-14H,2-6H2,1H3/t13-,14-. The van der Waals surface area contributed by atoms with Crippen LogP contribution in [-0.4, -0.2) is 4.98 Å². The van der Waals surface area contributed by atoms with Crippen LogP contribution in [0.5, 0.6) is 0 Å². The zero-order valence-electron chi connectivity index (χ0n) is 12.9. The quantitative estimate of drug-likeness (QED) is 0.662. The molecule has 3 heteroatoms. The van der Waals surface area contributed by atoms with Crippen molar-refractivity contribution in [1.29, 1.82) is 0 Å². The number of rotatable bonds is 3. The molecular weight excluding hydrogens is 280 g/mol. The first-order valence-corrected chi connectivity index (χ1v) is 8.09. The Bertz CT molecular complexity index is 628. The molecule has 1 aromatic heterocycles.